The van der Waals surface area contributed by atoms with Crippen molar-refractivity contribution in [3.05, 3.63) is 30.1 Å². The van der Waals surface area contributed by atoms with Crippen LogP contribution in [-0.4, -0.2) is 28.9 Å². The lowest BCUT2D eigenvalue weighted by molar-refractivity contribution is -0.131. The second-order valence-corrected chi connectivity index (χ2v) is 4.72. The molecule has 1 aromatic heterocycles. The predicted octanol–water partition coefficient (Wildman–Crippen LogP) is 1.41. The van der Waals surface area contributed by atoms with Gasteiger partial charge in [-0.2, -0.15) is 0 Å². The average Bonchev–Trinajstić information content (AvgIpc) is 2.29. The van der Waals surface area contributed by atoms with Crippen LogP contribution in [0.5, 0.6) is 0 Å². The van der Waals surface area contributed by atoms with E-state index >= 15 is 0 Å². The van der Waals surface area contributed by atoms with Gasteiger partial charge in [-0.25, -0.2) is 0 Å². The highest BCUT2D eigenvalue weighted by atomic mass is 16.2. The second-order valence-electron chi connectivity index (χ2n) is 4.72. The minimum Gasteiger partial charge on any atom is -0.341 e. The fourth-order valence-electron chi connectivity index (χ4n) is 1.45. The number of carbonyl (C=O) groups excluding carboxylic acids is 1. The maximum Gasteiger partial charge on any atom is 0.224 e. The lowest BCUT2D eigenvalue weighted by Gasteiger charge is -2.21. The van der Waals surface area contributed by atoms with E-state index in [2.05, 4.69) is 4.98 Å². The smallest absolute Gasteiger partial charge is 0.224 e. The molecule has 0 aliphatic heterocycles. The molecule has 1 aromatic rings. The summed E-state index contributed by atoms with van der Waals surface area (Å²) in [4.78, 5) is 17.6. The summed E-state index contributed by atoms with van der Waals surface area (Å²) in [6.45, 7) is 4.63. The zero-order chi connectivity index (χ0) is 12.8. The summed E-state index contributed by atoms with van der Waals surface area (Å²) in [5.74, 6) is 0.404. The maximum absolute atomic E-state index is 11.9. The van der Waals surface area contributed by atoms with Gasteiger partial charge in [0.05, 0.1) is 0 Å². The summed E-state index contributed by atoms with van der Waals surface area (Å²) in [5, 5.41) is 0. The third-order valence-electron chi connectivity index (χ3n) is 2.83. The van der Waals surface area contributed by atoms with Crippen molar-refractivity contribution in [2.75, 3.05) is 7.05 Å². The van der Waals surface area contributed by atoms with Crippen LogP contribution in [0.1, 0.15) is 25.8 Å². The normalized spacial score (nSPS) is 12.5. The number of nitrogens with two attached hydrogens (primary N) is 1. The summed E-state index contributed by atoms with van der Waals surface area (Å²) in [5.41, 5.74) is 6.92. The van der Waals surface area contributed by atoms with E-state index in [1.165, 1.54) is 0 Å². The lowest BCUT2D eigenvalue weighted by atomic mass is 10.0. The molecule has 0 spiro atoms. The molecule has 1 rings (SSSR count). The topological polar surface area (TPSA) is 59.2 Å². The molecule has 0 bridgehead atoms. The Bertz CT molecular complexity index is 351. The van der Waals surface area contributed by atoms with Crippen LogP contribution in [0.4, 0.5) is 0 Å². The van der Waals surface area contributed by atoms with E-state index in [0.717, 1.165) is 5.56 Å². The molecule has 1 amide bonds. The molecule has 4 nitrogen and oxygen atoms in total. The Labute approximate surface area is 103 Å². The van der Waals surface area contributed by atoms with Crippen LogP contribution in [0, 0.1) is 5.92 Å². The van der Waals surface area contributed by atoms with Crippen molar-refractivity contribution in [1.82, 2.24) is 9.88 Å². The number of rotatable bonds is 5. The average molecular weight is 235 g/mol. The third-order valence-corrected chi connectivity index (χ3v) is 2.83. The van der Waals surface area contributed by atoms with Crippen molar-refractivity contribution in [1.29, 1.82) is 0 Å². The zero-order valence-corrected chi connectivity index (χ0v) is 10.8. The van der Waals surface area contributed by atoms with Crippen molar-refractivity contribution in [2.24, 2.45) is 11.7 Å². The molecule has 94 valence electrons. The van der Waals surface area contributed by atoms with Crippen molar-refractivity contribution in [2.45, 2.75) is 32.9 Å². The number of pyridine rings is 1. The molecule has 0 saturated carbocycles. The summed E-state index contributed by atoms with van der Waals surface area (Å²) in [6.07, 6.45) is 3.89. The number of hydrogen-bond donors (Lipinski definition) is 1. The monoisotopic (exact) mass is 235 g/mol. The van der Waals surface area contributed by atoms with E-state index in [9.17, 15) is 4.79 Å². The number of nitrogens with zero attached hydrogens (tertiary/aromatic N) is 2. The summed E-state index contributed by atoms with van der Waals surface area (Å²) in [7, 11) is 1.79. The minimum absolute atomic E-state index is 0.0705. The summed E-state index contributed by atoms with van der Waals surface area (Å²) >= 11 is 0. The number of hydrogen-bond acceptors (Lipinski definition) is 3. The zero-order valence-electron chi connectivity index (χ0n) is 10.8. The van der Waals surface area contributed by atoms with Gasteiger partial charge in [-0.3, -0.25) is 9.78 Å². The Morgan fingerprint density at radius 2 is 2.24 bits per heavy atom. The van der Waals surface area contributed by atoms with E-state index in [1.807, 2.05) is 26.0 Å². The largest absolute Gasteiger partial charge is 0.341 e. The molecule has 1 atom stereocenters. The highest BCUT2D eigenvalue weighted by Gasteiger charge is 2.16. The van der Waals surface area contributed by atoms with Crippen molar-refractivity contribution in [3.63, 3.8) is 0 Å². The molecule has 0 aromatic carbocycles. The van der Waals surface area contributed by atoms with Gasteiger partial charge in [0, 0.05) is 38.4 Å². The fourth-order valence-corrected chi connectivity index (χ4v) is 1.45. The minimum atomic E-state index is -0.0705. The lowest BCUT2D eigenvalue weighted by Crippen LogP contribution is -2.35. The first-order valence-corrected chi connectivity index (χ1v) is 5.89. The number of amides is 1. The molecule has 2 N–H and O–H groups in total. The van der Waals surface area contributed by atoms with Crippen LogP contribution < -0.4 is 5.73 Å². The highest BCUT2D eigenvalue weighted by molar-refractivity contribution is 5.76. The fraction of sp³-hybridized carbons (Fsp3) is 0.538. The van der Waals surface area contributed by atoms with Gasteiger partial charge >= 0.3 is 0 Å². The van der Waals surface area contributed by atoms with Crippen LogP contribution in [0.25, 0.3) is 0 Å². The first-order chi connectivity index (χ1) is 8.00. The molecule has 0 aliphatic carbocycles. The summed E-state index contributed by atoms with van der Waals surface area (Å²) in [6, 6.07) is 3.76. The Kier molecular flexibility index (Phi) is 5.10. The van der Waals surface area contributed by atoms with Crippen LogP contribution in [0.2, 0.25) is 0 Å². The standard InChI is InChI=1S/C13H21N3O/c1-10(2)12(14)7-13(17)16(3)9-11-5-4-6-15-8-11/h4-6,8,10,12H,7,9,14H2,1-3H3. The van der Waals surface area contributed by atoms with Gasteiger partial charge in [0.25, 0.3) is 0 Å². The highest BCUT2D eigenvalue weighted by Crippen LogP contribution is 2.07. The van der Waals surface area contributed by atoms with Gasteiger partial charge in [-0.15, -0.1) is 0 Å². The van der Waals surface area contributed by atoms with E-state index in [-0.39, 0.29) is 11.9 Å². The van der Waals surface area contributed by atoms with Crippen LogP contribution >= 0.6 is 0 Å². The first kappa shape index (κ1) is 13.6. The first-order valence-electron chi connectivity index (χ1n) is 5.89. The molecule has 0 saturated heterocycles. The number of aromatic nitrogens is 1. The van der Waals surface area contributed by atoms with Gasteiger partial charge in [-0.1, -0.05) is 19.9 Å². The Morgan fingerprint density at radius 1 is 1.53 bits per heavy atom. The maximum atomic E-state index is 11.9. The molecular formula is C13H21N3O. The van der Waals surface area contributed by atoms with E-state index in [4.69, 9.17) is 5.73 Å². The van der Waals surface area contributed by atoms with Crippen molar-refractivity contribution in [3.8, 4) is 0 Å². The van der Waals surface area contributed by atoms with Gasteiger partial charge in [0.1, 0.15) is 0 Å². The van der Waals surface area contributed by atoms with Crippen LogP contribution in [0.15, 0.2) is 24.5 Å². The molecule has 1 heterocycles. The van der Waals surface area contributed by atoms with Crippen molar-refractivity contribution < 1.29 is 4.79 Å². The Balaban J connectivity index is 2.48. The molecule has 17 heavy (non-hydrogen) atoms. The van der Waals surface area contributed by atoms with Gasteiger partial charge in [-0.05, 0) is 17.5 Å². The van der Waals surface area contributed by atoms with E-state index < -0.39 is 0 Å². The summed E-state index contributed by atoms with van der Waals surface area (Å²) < 4.78 is 0. The number of carbonyl (C=O) groups is 1. The third kappa shape index (κ3) is 4.53. The van der Waals surface area contributed by atoms with Gasteiger partial charge < -0.3 is 10.6 Å². The quantitative estimate of drug-likeness (QED) is 0.839. The van der Waals surface area contributed by atoms with Crippen molar-refractivity contribution >= 4 is 5.91 Å². The Hall–Kier alpha value is -1.42. The molecule has 4 heteroatoms. The van der Waals surface area contributed by atoms with Crippen LogP contribution in [-0.2, 0) is 11.3 Å². The van der Waals surface area contributed by atoms with E-state index in [1.54, 1.807) is 24.3 Å². The van der Waals surface area contributed by atoms with Gasteiger partial charge in [0.2, 0.25) is 5.91 Å². The molecule has 0 radical (unpaired) electrons. The van der Waals surface area contributed by atoms with Gasteiger partial charge in [0.15, 0.2) is 0 Å². The molecular weight excluding hydrogens is 214 g/mol. The molecule has 0 aliphatic rings. The SMILES string of the molecule is CC(C)C(N)CC(=O)N(C)Cc1cccnc1. The van der Waals surface area contributed by atoms with Crippen LogP contribution in [0.3, 0.4) is 0 Å². The molecule has 0 fully saturated rings. The second kappa shape index (κ2) is 6.35. The molecule has 1 unspecified atom stereocenters. The van der Waals surface area contributed by atoms with E-state index in [0.29, 0.717) is 18.9 Å². The predicted molar refractivity (Wildman–Crippen MR) is 68.1 cm³/mol. The Morgan fingerprint density at radius 3 is 2.76 bits per heavy atom.